The summed E-state index contributed by atoms with van der Waals surface area (Å²) in [5, 5.41) is 3.03. The molecule has 0 radical (unpaired) electrons. The Labute approximate surface area is 175 Å². The maximum absolute atomic E-state index is 12.7. The molecule has 6 heteroatoms. The van der Waals surface area contributed by atoms with Crippen molar-refractivity contribution in [3.8, 4) is 11.5 Å². The highest BCUT2D eigenvalue weighted by Crippen LogP contribution is 2.37. The number of ether oxygens (including phenoxy) is 3. The number of carbonyl (C=O) groups excluding carboxylic acids is 2. The van der Waals surface area contributed by atoms with E-state index in [1.807, 2.05) is 30.3 Å². The molecule has 1 saturated carbocycles. The van der Waals surface area contributed by atoms with Gasteiger partial charge in [-0.05, 0) is 49.2 Å². The number of ketones is 1. The van der Waals surface area contributed by atoms with Crippen LogP contribution in [0.25, 0.3) is 0 Å². The summed E-state index contributed by atoms with van der Waals surface area (Å²) in [6.45, 7) is 0.927. The van der Waals surface area contributed by atoms with Gasteiger partial charge in [-0.25, -0.2) is 0 Å². The second-order valence-electron chi connectivity index (χ2n) is 8.32. The van der Waals surface area contributed by atoms with Gasteiger partial charge < -0.3 is 19.5 Å². The lowest BCUT2D eigenvalue weighted by Gasteiger charge is -2.18. The van der Waals surface area contributed by atoms with Gasteiger partial charge in [-0.3, -0.25) is 9.59 Å². The van der Waals surface area contributed by atoms with E-state index in [1.165, 1.54) is 0 Å². The molecule has 30 heavy (non-hydrogen) atoms. The lowest BCUT2D eigenvalue weighted by Crippen LogP contribution is -2.44. The largest absolute Gasteiger partial charge is 0.457 e. The summed E-state index contributed by atoms with van der Waals surface area (Å²) in [5.41, 5.74) is 0.553. The fraction of sp³-hybridized carbons (Fsp3) is 0.417. The monoisotopic (exact) mass is 407 g/mol. The van der Waals surface area contributed by atoms with Crippen molar-refractivity contribution in [1.82, 2.24) is 5.32 Å². The van der Waals surface area contributed by atoms with Gasteiger partial charge >= 0.3 is 0 Å². The topological polar surface area (TPSA) is 73.9 Å². The minimum absolute atomic E-state index is 0.0967. The van der Waals surface area contributed by atoms with E-state index in [2.05, 4.69) is 5.32 Å². The summed E-state index contributed by atoms with van der Waals surface area (Å²) in [4.78, 5) is 24.8. The number of benzene rings is 2. The number of Topliss-reactive ketones (excluding diaryl/α,β-unsaturated/α-hetero) is 1. The van der Waals surface area contributed by atoms with Gasteiger partial charge in [0.15, 0.2) is 0 Å². The molecule has 4 unspecified atom stereocenters. The maximum atomic E-state index is 12.7. The highest BCUT2D eigenvalue weighted by atomic mass is 16.6. The van der Waals surface area contributed by atoms with E-state index < -0.39 is 0 Å². The van der Waals surface area contributed by atoms with Gasteiger partial charge in [0, 0.05) is 23.8 Å². The molecule has 1 N–H and O–H groups in total. The molecule has 156 valence electrons. The van der Waals surface area contributed by atoms with E-state index in [0.717, 1.165) is 18.6 Å². The van der Waals surface area contributed by atoms with Gasteiger partial charge in [-0.15, -0.1) is 0 Å². The summed E-state index contributed by atoms with van der Waals surface area (Å²) in [6, 6.07) is 16.3. The summed E-state index contributed by atoms with van der Waals surface area (Å²) >= 11 is 0. The number of nitrogens with one attached hydrogen (secondary N) is 1. The average molecular weight is 407 g/mol. The Morgan fingerprint density at radius 3 is 2.33 bits per heavy atom. The lowest BCUT2D eigenvalue weighted by atomic mass is 9.94. The van der Waals surface area contributed by atoms with E-state index in [0.29, 0.717) is 36.7 Å². The Morgan fingerprint density at radius 2 is 1.60 bits per heavy atom. The number of carbonyl (C=O) groups is 2. The molecular weight excluding hydrogens is 382 g/mol. The Morgan fingerprint density at radius 1 is 0.900 bits per heavy atom. The molecule has 0 aromatic heterocycles. The minimum Gasteiger partial charge on any atom is -0.457 e. The number of hydrogen-bond donors (Lipinski definition) is 1. The predicted octanol–water partition coefficient (Wildman–Crippen LogP) is 3.36. The van der Waals surface area contributed by atoms with Crippen LogP contribution in [0, 0.1) is 11.8 Å². The van der Waals surface area contributed by atoms with E-state index in [1.54, 1.807) is 24.3 Å². The van der Waals surface area contributed by atoms with E-state index in [-0.39, 0.29) is 36.0 Å². The summed E-state index contributed by atoms with van der Waals surface area (Å²) in [5.74, 6) is 1.94. The zero-order chi connectivity index (χ0) is 20.5. The van der Waals surface area contributed by atoms with Crippen molar-refractivity contribution in [3.63, 3.8) is 0 Å². The highest BCUT2D eigenvalue weighted by molar-refractivity contribution is 5.94. The number of fused-ring (bicyclic) bond motifs is 1. The molecule has 1 amide bonds. The normalized spacial score (nSPS) is 27.5. The molecule has 0 spiro atoms. The van der Waals surface area contributed by atoms with Crippen LogP contribution in [-0.2, 0) is 14.3 Å². The van der Waals surface area contributed by atoms with E-state index in [9.17, 15) is 9.59 Å². The third-order valence-corrected chi connectivity index (χ3v) is 6.06. The summed E-state index contributed by atoms with van der Waals surface area (Å²) in [6.07, 6.45) is 2.27. The SMILES string of the molecule is O=C(NC1COC2C(CC(=O)C3CC3)COC12)c1ccc(Oc2ccccc2)cc1. The van der Waals surface area contributed by atoms with Crippen LogP contribution >= 0.6 is 0 Å². The maximum Gasteiger partial charge on any atom is 0.251 e. The van der Waals surface area contributed by atoms with Crippen molar-refractivity contribution in [2.24, 2.45) is 11.8 Å². The predicted molar refractivity (Wildman–Crippen MR) is 110 cm³/mol. The molecule has 2 saturated heterocycles. The molecule has 3 aliphatic rings. The molecule has 2 heterocycles. The Balaban J connectivity index is 1.16. The van der Waals surface area contributed by atoms with Crippen LogP contribution < -0.4 is 10.1 Å². The van der Waals surface area contributed by atoms with Crippen LogP contribution in [0.15, 0.2) is 54.6 Å². The van der Waals surface area contributed by atoms with Crippen LogP contribution in [0.4, 0.5) is 0 Å². The molecule has 2 aromatic carbocycles. The summed E-state index contributed by atoms with van der Waals surface area (Å²) in [7, 11) is 0. The van der Waals surface area contributed by atoms with Gasteiger partial charge in [0.2, 0.25) is 0 Å². The van der Waals surface area contributed by atoms with Crippen molar-refractivity contribution in [2.45, 2.75) is 37.5 Å². The first-order valence-corrected chi connectivity index (χ1v) is 10.6. The number of amides is 1. The van der Waals surface area contributed by atoms with Crippen LogP contribution in [0.5, 0.6) is 11.5 Å². The molecular formula is C24H25NO5. The second kappa shape index (κ2) is 8.20. The zero-order valence-electron chi connectivity index (χ0n) is 16.7. The first-order chi connectivity index (χ1) is 14.7. The Bertz CT molecular complexity index is 909. The first kappa shape index (κ1) is 19.3. The number of rotatable bonds is 7. The van der Waals surface area contributed by atoms with Gasteiger partial charge in [-0.1, -0.05) is 18.2 Å². The zero-order valence-corrected chi connectivity index (χ0v) is 16.7. The van der Waals surface area contributed by atoms with E-state index >= 15 is 0 Å². The quantitative estimate of drug-likeness (QED) is 0.762. The number of para-hydroxylation sites is 1. The summed E-state index contributed by atoms with van der Waals surface area (Å²) < 4.78 is 17.6. The van der Waals surface area contributed by atoms with Gasteiger partial charge in [0.05, 0.1) is 25.4 Å². The van der Waals surface area contributed by atoms with Crippen molar-refractivity contribution in [2.75, 3.05) is 13.2 Å². The second-order valence-corrected chi connectivity index (χ2v) is 8.32. The van der Waals surface area contributed by atoms with E-state index in [4.69, 9.17) is 14.2 Å². The van der Waals surface area contributed by atoms with Gasteiger partial charge in [0.1, 0.15) is 23.4 Å². The Hall–Kier alpha value is -2.70. The van der Waals surface area contributed by atoms with Gasteiger partial charge in [-0.2, -0.15) is 0 Å². The Kier molecular flexibility index (Phi) is 5.27. The standard InChI is InChI=1S/C24H25NO5/c26-21(15-6-7-15)12-17-13-28-23-20(14-29-22(17)23)25-24(27)16-8-10-19(11-9-16)30-18-4-2-1-3-5-18/h1-5,8-11,15,17,20,22-23H,6-7,12-14H2,(H,25,27). The smallest absolute Gasteiger partial charge is 0.251 e. The van der Waals surface area contributed by atoms with Crippen LogP contribution in [0.3, 0.4) is 0 Å². The fourth-order valence-corrected chi connectivity index (χ4v) is 4.26. The van der Waals surface area contributed by atoms with Crippen molar-refractivity contribution < 1.29 is 23.8 Å². The van der Waals surface area contributed by atoms with Crippen molar-refractivity contribution in [1.29, 1.82) is 0 Å². The fourth-order valence-electron chi connectivity index (χ4n) is 4.26. The molecule has 5 rings (SSSR count). The molecule has 0 bridgehead atoms. The molecule has 4 atom stereocenters. The third kappa shape index (κ3) is 4.11. The van der Waals surface area contributed by atoms with Crippen LogP contribution in [0.1, 0.15) is 29.6 Å². The lowest BCUT2D eigenvalue weighted by molar-refractivity contribution is -0.121. The third-order valence-electron chi connectivity index (χ3n) is 6.06. The van der Waals surface area contributed by atoms with Crippen LogP contribution in [-0.4, -0.2) is 43.2 Å². The molecule has 2 aliphatic heterocycles. The van der Waals surface area contributed by atoms with Gasteiger partial charge in [0.25, 0.3) is 5.91 Å². The minimum atomic E-state index is -0.205. The average Bonchev–Trinajstić information content (AvgIpc) is 3.44. The highest BCUT2D eigenvalue weighted by Gasteiger charge is 2.49. The van der Waals surface area contributed by atoms with Crippen molar-refractivity contribution >= 4 is 11.7 Å². The molecule has 6 nitrogen and oxygen atoms in total. The number of hydrogen-bond acceptors (Lipinski definition) is 5. The first-order valence-electron chi connectivity index (χ1n) is 10.6. The molecule has 3 fully saturated rings. The van der Waals surface area contributed by atoms with Crippen LogP contribution in [0.2, 0.25) is 0 Å². The molecule has 2 aromatic rings. The van der Waals surface area contributed by atoms with Crippen molar-refractivity contribution in [3.05, 3.63) is 60.2 Å². The molecule has 1 aliphatic carbocycles.